The molecule has 0 atom stereocenters. The van der Waals surface area contributed by atoms with Crippen molar-refractivity contribution in [3.8, 4) is 16.9 Å². The molecule has 0 unspecified atom stereocenters. The summed E-state index contributed by atoms with van der Waals surface area (Å²) in [5.74, 6) is 0.667. The molecular formula is C14H13BrO3S. The zero-order valence-electron chi connectivity index (χ0n) is 10.6. The number of hydrogen-bond acceptors (Lipinski definition) is 3. The third-order valence-corrected chi connectivity index (χ3v) is 4.56. The van der Waals surface area contributed by atoms with Gasteiger partial charge in [-0.3, -0.25) is 0 Å². The van der Waals surface area contributed by atoms with Gasteiger partial charge in [-0.25, -0.2) is 8.42 Å². The number of hydrogen-bond donors (Lipinski definition) is 0. The highest BCUT2D eigenvalue weighted by Gasteiger charge is 2.14. The minimum Gasteiger partial charge on any atom is -0.496 e. The van der Waals surface area contributed by atoms with E-state index >= 15 is 0 Å². The molecule has 0 amide bonds. The third kappa shape index (κ3) is 2.98. The maximum atomic E-state index is 11.8. The molecule has 0 radical (unpaired) electrons. The molecule has 0 bridgehead atoms. The summed E-state index contributed by atoms with van der Waals surface area (Å²) in [5, 5.41) is 0. The van der Waals surface area contributed by atoms with Crippen LogP contribution in [0, 0.1) is 0 Å². The zero-order valence-corrected chi connectivity index (χ0v) is 13.0. The van der Waals surface area contributed by atoms with Gasteiger partial charge in [0.15, 0.2) is 9.84 Å². The van der Waals surface area contributed by atoms with Crippen LogP contribution in [0.15, 0.2) is 51.8 Å². The lowest BCUT2D eigenvalue weighted by atomic mass is 10.1. The smallest absolute Gasteiger partial charge is 0.176 e. The fraction of sp³-hybridized carbons (Fsp3) is 0.143. The molecule has 2 rings (SSSR count). The Morgan fingerprint density at radius 1 is 1.11 bits per heavy atom. The van der Waals surface area contributed by atoms with Crippen molar-refractivity contribution in [2.75, 3.05) is 13.4 Å². The molecule has 2 aromatic carbocycles. The first kappa shape index (κ1) is 14.1. The summed E-state index contributed by atoms with van der Waals surface area (Å²) in [6.45, 7) is 0. The van der Waals surface area contributed by atoms with Crippen LogP contribution in [0.2, 0.25) is 0 Å². The van der Waals surface area contributed by atoms with Crippen LogP contribution >= 0.6 is 15.9 Å². The van der Waals surface area contributed by atoms with Crippen molar-refractivity contribution in [3.63, 3.8) is 0 Å². The summed E-state index contributed by atoms with van der Waals surface area (Å²) < 4.78 is 29.7. The van der Waals surface area contributed by atoms with Crippen molar-refractivity contribution in [3.05, 3.63) is 46.9 Å². The Morgan fingerprint density at radius 2 is 1.79 bits per heavy atom. The number of methoxy groups -OCH3 is 1. The van der Waals surface area contributed by atoms with E-state index in [2.05, 4.69) is 15.9 Å². The zero-order chi connectivity index (χ0) is 14.0. The summed E-state index contributed by atoms with van der Waals surface area (Å²) in [6, 6.07) is 12.4. The second-order valence-electron chi connectivity index (χ2n) is 4.12. The molecule has 0 aliphatic heterocycles. The summed E-state index contributed by atoms with van der Waals surface area (Å²) in [6.07, 6.45) is 1.21. The Labute approximate surface area is 121 Å². The standard InChI is InChI=1S/C14H13BrO3S/c1-18-13-9-10(7-8-12(13)15)11-5-3-4-6-14(11)19(2,16)17/h3-9H,1-2H3. The first-order chi connectivity index (χ1) is 8.93. The number of benzene rings is 2. The first-order valence-electron chi connectivity index (χ1n) is 5.56. The normalized spacial score (nSPS) is 11.3. The molecule has 5 heteroatoms. The van der Waals surface area contributed by atoms with E-state index < -0.39 is 9.84 Å². The molecule has 0 aliphatic rings. The van der Waals surface area contributed by atoms with Gasteiger partial charge in [0.25, 0.3) is 0 Å². The molecule has 0 fully saturated rings. The van der Waals surface area contributed by atoms with Gasteiger partial charge in [-0.05, 0) is 39.7 Å². The number of ether oxygens (including phenoxy) is 1. The Kier molecular flexibility index (Phi) is 3.96. The van der Waals surface area contributed by atoms with Gasteiger partial charge in [0.05, 0.1) is 16.5 Å². The molecule has 19 heavy (non-hydrogen) atoms. The predicted molar refractivity (Wildman–Crippen MR) is 79.2 cm³/mol. The number of halogens is 1. The van der Waals surface area contributed by atoms with E-state index in [1.165, 1.54) is 6.26 Å². The molecule has 0 spiro atoms. The minimum atomic E-state index is -3.26. The molecule has 0 N–H and O–H groups in total. The van der Waals surface area contributed by atoms with Crippen LogP contribution in [-0.2, 0) is 9.84 Å². The molecule has 0 aliphatic carbocycles. The SMILES string of the molecule is COc1cc(-c2ccccc2S(C)(=O)=O)ccc1Br. The second-order valence-corrected chi connectivity index (χ2v) is 6.96. The average Bonchev–Trinajstić information content (AvgIpc) is 2.38. The van der Waals surface area contributed by atoms with Crippen molar-refractivity contribution < 1.29 is 13.2 Å². The molecular weight excluding hydrogens is 328 g/mol. The molecule has 0 aromatic heterocycles. The Hall–Kier alpha value is -1.33. The molecule has 0 saturated heterocycles. The molecule has 0 saturated carbocycles. The fourth-order valence-electron chi connectivity index (χ4n) is 1.86. The van der Waals surface area contributed by atoms with Crippen molar-refractivity contribution >= 4 is 25.8 Å². The second kappa shape index (κ2) is 5.35. The lowest BCUT2D eigenvalue weighted by molar-refractivity contribution is 0.412. The van der Waals surface area contributed by atoms with E-state index in [1.54, 1.807) is 25.3 Å². The third-order valence-electron chi connectivity index (χ3n) is 2.75. The van der Waals surface area contributed by atoms with E-state index in [9.17, 15) is 8.42 Å². The lowest BCUT2D eigenvalue weighted by Gasteiger charge is -2.10. The summed E-state index contributed by atoms with van der Waals surface area (Å²) in [5.41, 5.74) is 1.48. The van der Waals surface area contributed by atoms with Crippen molar-refractivity contribution in [2.45, 2.75) is 4.90 Å². The van der Waals surface area contributed by atoms with Gasteiger partial charge >= 0.3 is 0 Å². The maximum Gasteiger partial charge on any atom is 0.176 e. The molecule has 2 aromatic rings. The maximum absolute atomic E-state index is 11.8. The van der Waals surface area contributed by atoms with Crippen LogP contribution in [-0.4, -0.2) is 21.8 Å². The largest absolute Gasteiger partial charge is 0.496 e. The van der Waals surface area contributed by atoms with Gasteiger partial charge in [-0.15, -0.1) is 0 Å². The van der Waals surface area contributed by atoms with Gasteiger partial charge in [0.1, 0.15) is 5.75 Å². The van der Waals surface area contributed by atoms with Crippen LogP contribution in [0.1, 0.15) is 0 Å². The van der Waals surface area contributed by atoms with Gasteiger partial charge in [-0.2, -0.15) is 0 Å². The Balaban J connectivity index is 2.66. The van der Waals surface area contributed by atoms with E-state index in [1.807, 2.05) is 24.3 Å². The number of sulfone groups is 1. The van der Waals surface area contributed by atoms with Gasteiger partial charge in [0.2, 0.25) is 0 Å². The van der Waals surface area contributed by atoms with E-state index in [-0.39, 0.29) is 0 Å². The lowest BCUT2D eigenvalue weighted by Crippen LogP contribution is -1.99. The van der Waals surface area contributed by atoms with Gasteiger partial charge in [0, 0.05) is 11.8 Å². The average molecular weight is 341 g/mol. The molecule has 0 heterocycles. The van der Waals surface area contributed by atoms with Crippen LogP contribution in [0.3, 0.4) is 0 Å². The highest BCUT2D eigenvalue weighted by molar-refractivity contribution is 9.10. The quantitative estimate of drug-likeness (QED) is 0.858. The topological polar surface area (TPSA) is 43.4 Å². The fourth-order valence-corrected chi connectivity index (χ4v) is 3.18. The highest BCUT2D eigenvalue weighted by Crippen LogP contribution is 2.33. The Bertz CT molecular complexity index is 708. The monoisotopic (exact) mass is 340 g/mol. The molecule has 100 valence electrons. The van der Waals surface area contributed by atoms with Crippen molar-refractivity contribution in [2.24, 2.45) is 0 Å². The van der Waals surface area contributed by atoms with Crippen molar-refractivity contribution in [1.29, 1.82) is 0 Å². The van der Waals surface area contributed by atoms with E-state index in [0.29, 0.717) is 16.2 Å². The summed E-state index contributed by atoms with van der Waals surface area (Å²) >= 11 is 3.38. The highest BCUT2D eigenvalue weighted by atomic mass is 79.9. The van der Waals surface area contributed by atoms with Gasteiger partial charge in [-0.1, -0.05) is 24.3 Å². The number of rotatable bonds is 3. The van der Waals surface area contributed by atoms with Crippen LogP contribution in [0.4, 0.5) is 0 Å². The van der Waals surface area contributed by atoms with Gasteiger partial charge < -0.3 is 4.74 Å². The van der Waals surface area contributed by atoms with Crippen LogP contribution in [0.5, 0.6) is 5.75 Å². The minimum absolute atomic E-state index is 0.319. The summed E-state index contributed by atoms with van der Waals surface area (Å²) in [4.78, 5) is 0.319. The van der Waals surface area contributed by atoms with E-state index in [0.717, 1.165) is 10.0 Å². The van der Waals surface area contributed by atoms with Crippen LogP contribution in [0.25, 0.3) is 11.1 Å². The molecule has 3 nitrogen and oxygen atoms in total. The summed E-state index contributed by atoms with van der Waals surface area (Å²) in [7, 11) is -1.69. The van der Waals surface area contributed by atoms with E-state index in [4.69, 9.17) is 4.74 Å². The predicted octanol–water partition coefficient (Wildman–Crippen LogP) is 3.53. The van der Waals surface area contributed by atoms with Crippen LogP contribution < -0.4 is 4.74 Å². The Morgan fingerprint density at radius 3 is 2.42 bits per heavy atom. The van der Waals surface area contributed by atoms with Crippen molar-refractivity contribution in [1.82, 2.24) is 0 Å². The first-order valence-corrected chi connectivity index (χ1v) is 8.25.